The normalized spacial score (nSPS) is 14.3. The minimum atomic E-state index is -1.76. The molecule has 7 heteroatoms. The molecule has 0 radical (unpaired) electrons. The molecule has 19 heavy (non-hydrogen) atoms. The Labute approximate surface area is 109 Å². The number of aliphatic hydroxyl groups is 1. The Hall–Kier alpha value is -2.15. The summed E-state index contributed by atoms with van der Waals surface area (Å²) in [6.07, 6.45) is 3.07. The van der Waals surface area contributed by atoms with Crippen molar-refractivity contribution in [3.8, 4) is 0 Å². The third-order valence-electron chi connectivity index (χ3n) is 2.83. The van der Waals surface area contributed by atoms with Crippen molar-refractivity contribution in [2.24, 2.45) is 0 Å². The molecular weight excluding hydrogens is 250 g/mol. The highest BCUT2D eigenvalue weighted by Gasteiger charge is 2.32. The van der Waals surface area contributed by atoms with Gasteiger partial charge >= 0.3 is 5.97 Å². The van der Waals surface area contributed by atoms with Gasteiger partial charge in [-0.15, -0.1) is 0 Å². The van der Waals surface area contributed by atoms with Crippen molar-refractivity contribution in [3.63, 3.8) is 0 Å². The van der Waals surface area contributed by atoms with Crippen molar-refractivity contribution in [2.75, 3.05) is 7.11 Å². The molecule has 2 aromatic heterocycles. The number of ether oxygens (including phenoxy) is 1. The van der Waals surface area contributed by atoms with Crippen LogP contribution in [0, 0.1) is 6.92 Å². The molecule has 0 saturated heterocycles. The van der Waals surface area contributed by atoms with E-state index in [4.69, 9.17) is 0 Å². The monoisotopic (exact) mass is 265 g/mol. The summed E-state index contributed by atoms with van der Waals surface area (Å²) in [6.45, 7) is 2.90. The van der Waals surface area contributed by atoms with Gasteiger partial charge < -0.3 is 14.4 Å². The minimum absolute atomic E-state index is 0.181. The Balaban J connectivity index is 2.44. The number of aromatic nitrogens is 3. The maximum Gasteiger partial charge on any atom is 0.339 e. The number of esters is 1. The predicted octanol–water partition coefficient (Wildman–Crippen LogP) is -0.272. The lowest BCUT2D eigenvalue weighted by atomic mass is 10.1. The Morgan fingerprint density at radius 1 is 1.53 bits per heavy atom. The second-order valence-electron chi connectivity index (χ2n) is 4.61. The average Bonchev–Trinajstić information content (AvgIpc) is 2.73. The average molecular weight is 265 g/mol. The molecule has 7 nitrogen and oxygen atoms in total. The first-order chi connectivity index (χ1) is 8.85. The first-order valence-electron chi connectivity index (χ1n) is 5.71. The molecule has 0 aliphatic heterocycles. The summed E-state index contributed by atoms with van der Waals surface area (Å²) in [7, 11) is 1.18. The third kappa shape index (κ3) is 2.37. The fraction of sp³-hybridized carbons (Fsp3) is 0.417. The summed E-state index contributed by atoms with van der Waals surface area (Å²) in [5.74, 6) is -0.788. The van der Waals surface area contributed by atoms with Gasteiger partial charge in [0.05, 0.1) is 19.3 Å². The number of fused-ring (bicyclic) bond motifs is 1. The van der Waals surface area contributed by atoms with E-state index in [0.717, 1.165) is 5.69 Å². The molecule has 2 aromatic rings. The molecule has 0 amide bonds. The summed E-state index contributed by atoms with van der Waals surface area (Å²) < 4.78 is 7.21. The van der Waals surface area contributed by atoms with Gasteiger partial charge in [0.1, 0.15) is 5.52 Å². The van der Waals surface area contributed by atoms with Gasteiger partial charge in [0, 0.05) is 12.4 Å². The predicted molar refractivity (Wildman–Crippen MR) is 66.8 cm³/mol. The molecule has 0 aliphatic carbocycles. The van der Waals surface area contributed by atoms with Crippen LogP contribution in [0.25, 0.3) is 5.52 Å². The van der Waals surface area contributed by atoms with E-state index in [9.17, 15) is 14.7 Å². The van der Waals surface area contributed by atoms with Crippen molar-refractivity contribution >= 4 is 11.5 Å². The molecule has 0 saturated carbocycles. The van der Waals surface area contributed by atoms with E-state index in [2.05, 4.69) is 9.84 Å². The zero-order valence-corrected chi connectivity index (χ0v) is 11.0. The molecule has 2 heterocycles. The number of nitrogens with zero attached hydrogens (tertiary/aromatic N) is 3. The number of hydrogen-bond acceptors (Lipinski definition) is 5. The summed E-state index contributed by atoms with van der Waals surface area (Å²) >= 11 is 0. The van der Waals surface area contributed by atoms with Gasteiger partial charge in [-0.1, -0.05) is 0 Å². The molecule has 102 valence electrons. The number of aryl methyl sites for hydroxylation is 1. The van der Waals surface area contributed by atoms with Gasteiger partial charge in [-0.3, -0.25) is 4.79 Å². The van der Waals surface area contributed by atoms with Crippen molar-refractivity contribution in [1.82, 2.24) is 14.2 Å². The number of methoxy groups -OCH3 is 1. The van der Waals surface area contributed by atoms with Crippen LogP contribution in [-0.2, 0) is 16.1 Å². The second kappa shape index (κ2) is 4.51. The highest BCUT2D eigenvalue weighted by atomic mass is 16.5. The van der Waals surface area contributed by atoms with Crippen LogP contribution in [0.4, 0.5) is 0 Å². The minimum Gasteiger partial charge on any atom is -0.467 e. The van der Waals surface area contributed by atoms with E-state index >= 15 is 0 Å². The molecule has 1 unspecified atom stereocenters. The van der Waals surface area contributed by atoms with E-state index in [1.807, 2.05) is 0 Å². The summed E-state index contributed by atoms with van der Waals surface area (Å²) in [4.78, 5) is 23.6. The maximum absolute atomic E-state index is 12.2. The summed E-state index contributed by atoms with van der Waals surface area (Å²) in [5, 5.41) is 14.1. The number of carbonyl (C=O) groups is 1. The van der Waals surface area contributed by atoms with Gasteiger partial charge in [-0.05, 0) is 19.9 Å². The first-order valence-corrected chi connectivity index (χ1v) is 5.71. The quantitative estimate of drug-likeness (QED) is 0.772. The fourth-order valence-corrected chi connectivity index (χ4v) is 1.89. The van der Waals surface area contributed by atoms with Crippen LogP contribution < -0.4 is 5.56 Å². The zero-order chi connectivity index (χ0) is 14.2. The maximum atomic E-state index is 12.2. The molecule has 0 spiro atoms. The second-order valence-corrected chi connectivity index (χ2v) is 4.61. The topological polar surface area (TPSA) is 85.8 Å². The van der Waals surface area contributed by atoms with Crippen molar-refractivity contribution < 1.29 is 14.6 Å². The Morgan fingerprint density at radius 3 is 2.84 bits per heavy atom. The fourth-order valence-electron chi connectivity index (χ4n) is 1.89. The number of rotatable bonds is 3. The highest BCUT2D eigenvalue weighted by molar-refractivity contribution is 5.78. The molecular formula is C12H15N3O4. The lowest BCUT2D eigenvalue weighted by molar-refractivity contribution is -0.161. The summed E-state index contributed by atoms with van der Waals surface area (Å²) in [6, 6.07) is 1.64. The summed E-state index contributed by atoms with van der Waals surface area (Å²) in [5.41, 5.74) is -0.978. The molecule has 2 rings (SSSR count). The van der Waals surface area contributed by atoms with Crippen LogP contribution in [0.3, 0.4) is 0 Å². The van der Waals surface area contributed by atoms with Crippen LogP contribution in [0.2, 0.25) is 0 Å². The van der Waals surface area contributed by atoms with E-state index in [1.165, 1.54) is 29.3 Å². The van der Waals surface area contributed by atoms with Gasteiger partial charge in [0.2, 0.25) is 0 Å². The third-order valence-corrected chi connectivity index (χ3v) is 2.83. The number of hydrogen-bond donors (Lipinski definition) is 1. The van der Waals surface area contributed by atoms with Crippen LogP contribution >= 0.6 is 0 Å². The van der Waals surface area contributed by atoms with E-state index < -0.39 is 11.6 Å². The zero-order valence-electron chi connectivity index (χ0n) is 11.0. The van der Waals surface area contributed by atoms with Crippen molar-refractivity contribution in [3.05, 3.63) is 34.5 Å². The first kappa shape index (κ1) is 13.3. The van der Waals surface area contributed by atoms with Crippen LogP contribution in [0.1, 0.15) is 12.6 Å². The van der Waals surface area contributed by atoms with Gasteiger partial charge in [-0.2, -0.15) is 5.10 Å². The van der Waals surface area contributed by atoms with Gasteiger partial charge in [-0.25, -0.2) is 9.31 Å². The molecule has 0 bridgehead atoms. The van der Waals surface area contributed by atoms with E-state index in [1.54, 1.807) is 19.2 Å². The Bertz CT molecular complexity index is 684. The highest BCUT2D eigenvalue weighted by Crippen LogP contribution is 2.09. The molecule has 1 atom stereocenters. The molecule has 0 aromatic carbocycles. The number of carbonyl (C=O) groups excluding carboxylic acids is 1. The molecule has 1 N–H and O–H groups in total. The van der Waals surface area contributed by atoms with E-state index in [-0.39, 0.29) is 12.1 Å². The van der Waals surface area contributed by atoms with Crippen LogP contribution in [0.15, 0.2) is 23.3 Å². The van der Waals surface area contributed by atoms with Crippen LogP contribution in [-0.4, -0.2) is 38.0 Å². The molecule has 0 fully saturated rings. The Morgan fingerprint density at radius 2 is 2.21 bits per heavy atom. The SMILES string of the molecule is COC(=O)C(C)(O)Cn1ccn2nc(C)cc2c1=O. The Kier molecular flexibility index (Phi) is 3.15. The lowest BCUT2D eigenvalue weighted by Crippen LogP contribution is -2.43. The molecule has 0 aliphatic rings. The van der Waals surface area contributed by atoms with E-state index in [0.29, 0.717) is 5.52 Å². The smallest absolute Gasteiger partial charge is 0.339 e. The lowest BCUT2D eigenvalue weighted by Gasteiger charge is -2.21. The van der Waals surface area contributed by atoms with Crippen LogP contribution in [0.5, 0.6) is 0 Å². The standard InChI is InChI=1S/C12H15N3O4/c1-8-6-9-10(16)14(4-5-15(9)13-8)7-12(2,18)11(17)19-3/h4-6,18H,7H2,1-3H3. The van der Waals surface area contributed by atoms with Crippen molar-refractivity contribution in [1.29, 1.82) is 0 Å². The van der Waals surface area contributed by atoms with Gasteiger partial charge in [0.25, 0.3) is 5.56 Å². The largest absolute Gasteiger partial charge is 0.467 e. The van der Waals surface area contributed by atoms with Gasteiger partial charge in [0.15, 0.2) is 5.60 Å². The van der Waals surface area contributed by atoms with Crippen molar-refractivity contribution in [2.45, 2.75) is 26.0 Å².